The van der Waals surface area contributed by atoms with Crippen LogP contribution in [0.2, 0.25) is 0 Å². The third kappa shape index (κ3) is 13.1. The van der Waals surface area contributed by atoms with Crippen molar-refractivity contribution in [2.24, 2.45) is 0 Å². The first-order valence-electron chi connectivity index (χ1n) is 9.20. The van der Waals surface area contributed by atoms with Crippen molar-refractivity contribution in [3.05, 3.63) is 29.6 Å². The van der Waals surface area contributed by atoms with Crippen LogP contribution in [0.25, 0.3) is 0 Å². The molecular weight excluding hydrogens is 289 g/mol. The van der Waals surface area contributed by atoms with Gasteiger partial charge in [0.2, 0.25) is 0 Å². The molecule has 0 atom stereocenters. The zero-order valence-corrected chi connectivity index (χ0v) is 16.4. The Morgan fingerprint density at radius 2 is 1.48 bits per heavy atom. The number of halogens is 1. The van der Waals surface area contributed by atoms with Crippen molar-refractivity contribution in [2.75, 3.05) is 26.2 Å². The van der Waals surface area contributed by atoms with Crippen LogP contribution in [0.1, 0.15) is 66.4 Å². The van der Waals surface area contributed by atoms with Crippen LogP contribution in [0.15, 0.2) is 18.2 Å². The topological polar surface area (TPSA) is 12.5 Å². The second-order valence-electron chi connectivity index (χ2n) is 5.31. The third-order valence-corrected chi connectivity index (χ3v) is 2.89. The molecule has 0 amide bonds. The fraction of sp³-hybridized carbons (Fsp3) is 0.700. The van der Waals surface area contributed by atoms with E-state index in [0.29, 0.717) is 12.2 Å². The smallest absolute Gasteiger partial charge is 0.126 e. The van der Waals surface area contributed by atoms with E-state index in [2.05, 4.69) is 32.6 Å². The Hall–Kier alpha value is -1.09. The van der Waals surface area contributed by atoms with E-state index in [9.17, 15) is 4.39 Å². The Bertz CT molecular complexity index is 363. The van der Waals surface area contributed by atoms with Gasteiger partial charge in [-0.05, 0) is 56.6 Å². The minimum absolute atomic E-state index is 0.180. The zero-order chi connectivity index (χ0) is 18.1. The van der Waals surface area contributed by atoms with Crippen molar-refractivity contribution in [2.45, 2.75) is 67.7 Å². The number of hydrogen-bond acceptors (Lipinski definition) is 2. The van der Waals surface area contributed by atoms with Gasteiger partial charge in [0.15, 0.2) is 0 Å². The molecule has 2 nitrogen and oxygen atoms in total. The molecule has 0 aliphatic rings. The molecule has 0 N–H and O–H groups in total. The van der Waals surface area contributed by atoms with Gasteiger partial charge in [-0.1, -0.05) is 48.0 Å². The zero-order valence-electron chi connectivity index (χ0n) is 16.4. The largest absolute Gasteiger partial charge is 0.492 e. The quantitative estimate of drug-likeness (QED) is 0.574. The van der Waals surface area contributed by atoms with Gasteiger partial charge < -0.3 is 4.74 Å². The Balaban J connectivity index is 0. The van der Waals surface area contributed by atoms with E-state index in [1.807, 2.05) is 13.8 Å². The summed E-state index contributed by atoms with van der Waals surface area (Å²) >= 11 is 0. The number of hydrogen-bond donors (Lipinski definition) is 0. The van der Waals surface area contributed by atoms with Gasteiger partial charge in [0, 0.05) is 6.54 Å². The number of nitrogens with zero attached hydrogens (tertiary/aromatic N) is 1. The molecule has 136 valence electrons. The lowest BCUT2D eigenvalue weighted by Gasteiger charge is -2.20. The van der Waals surface area contributed by atoms with E-state index in [-0.39, 0.29) is 5.82 Å². The molecule has 0 aromatic heterocycles. The highest BCUT2D eigenvalue weighted by Crippen LogP contribution is 2.15. The lowest BCUT2D eigenvalue weighted by Crippen LogP contribution is -2.30. The molecular formula is C20H38FNO. The molecule has 0 spiro atoms. The molecule has 1 rings (SSSR count). The van der Waals surface area contributed by atoms with E-state index in [1.54, 1.807) is 19.1 Å². The molecule has 0 fully saturated rings. The van der Waals surface area contributed by atoms with Crippen molar-refractivity contribution in [3.8, 4) is 5.75 Å². The number of ether oxygens (including phenoxy) is 1. The Labute approximate surface area is 144 Å². The van der Waals surface area contributed by atoms with Gasteiger partial charge >= 0.3 is 0 Å². The van der Waals surface area contributed by atoms with Crippen LogP contribution in [0.4, 0.5) is 4.39 Å². The van der Waals surface area contributed by atoms with Gasteiger partial charge in [-0.25, -0.2) is 4.39 Å². The first-order valence-corrected chi connectivity index (χ1v) is 9.20. The summed E-state index contributed by atoms with van der Waals surface area (Å²) in [5, 5.41) is 0. The minimum Gasteiger partial charge on any atom is -0.492 e. The van der Waals surface area contributed by atoms with Crippen LogP contribution in [-0.4, -0.2) is 31.1 Å². The van der Waals surface area contributed by atoms with E-state index in [0.717, 1.165) is 38.2 Å². The average Bonchev–Trinajstić information content (AvgIpc) is 2.54. The Kier molecular flexibility index (Phi) is 18.1. The predicted molar refractivity (Wildman–Crippen MR) is 101 cm³/mol. The fourth-order valence-electron chi connectivity index (χ4n) is 1.97. The van der Waals surface area contributed by atoms with Crippen molar-refractivity contribution in [3.63, 3.8) is 0 Å². The molecule has 1 aromatic carbocycles. The highest BCUT2D eigenvalue weighted by molar-refractivity contribution is 5.28. The van der Waals surface area contributed by atoms with E-state index < -0.39 is 0 Å². The summed E-state index contributed by atoms with van der Waals surface area (Å²) in [5.74, 6) is 0.572. The van der Waals surface area contributed by atoms with Crippen LogP contribution in [0.3, 0.4) is 0 Å². The Morgan fingerprint density at radius 1 is 0.957 bits per heavy atom. The molecule has 0 heterocycles. The van der Waals surface area contributed by atoms with Crippen LogP contribution in [0.5, 0.6) is 5.75 Å². The maximum atomic E-state index is 13.1. The van der Waals surface area contributed by atoms with Crippen LogP contribution in [0, 0.1) is 12.7 Å². The van der Waals surface area contributed by atoms with Gasteiger partial charge in [0.25, 0.3) is 0 Å². The maximum Gasteiger partial charge on any atom is 0.126 e. The highest BCUT2D eigenvalue weighted by atomic mass is 19.1. The molecule has 0 aliphatic heterocycles. The summed E-state index contributed by atoms with van der Waals surface area (Å²) in [6.45, 7) is 18.2. The minimum atomic E-state index is -0.180. The molecule has 1 aromatic rings. The van der Waals surface area contributed by atoms with E-state index in [1.165, 1.54) is 12.5 Å². The number of rotatable bonds is 8. The van der Waals surface area contributed by atoms with Crippen molar-refractivity contribution in [1.82, 2.24) is 4.90 Å². The predicted octanol–water partition coefficient (Wildman–Crippen LogP) is 6.08. The van der Waals surface area contributed by atoms with Crippen molar-refractivity contribution >= 4 is 0 Å². The van der Waals surface area contributed by atoms with Gasteiger partial charge in [0.05, 0.1) is 0 Å². The highest BCUT2D eigenvalue weighted by Gasteiger charge is 2.04. The molecule has 3 heteroatoms. The fourth-order valence-corrected chi connectivity index (χ4v) is 1.97. The molecule has 0 saturated heterocycles. The third-order valence-electron chi connectivity index (χ3n) is 2.89. The molecule has 23 heavy (non-hydrogen) atoms. The van der Waals surface area contributed by atoms with Crippen LogP contribution >= 0.6 is 0 Å². The molecule has 0 bridgehead atoms. The van der Waals surface area contributed by atoms with Gasteiger partial charge in [-0.3, -0.25) is 4.90 Å². The molecule has 0 saturated carbocycles. The Morgan fingerprint density at radius 3 is 1.91 bits per heavy atom. The second kappa shape index (κ2) is 17.3. The average molecular weight is 328 g/mol. The molecule has 0 aliphatic carbocycles. The maximum absolute atomic E-state index is 13.1. The standard InChI is InChI=1S/C15H24FNO.C3H8.C2H6/c1-4-8-17(9-5-2)10-11-18-14-6-7-15(16)13(3)12-14;1-3-2;1-2/h6-7,12H,4-5,8-11H2,1-3H3;3H2,1-2H3;1-2H3. The summed E-state index contributed by atoms with van der Waals surface area (Å²) < 4.78 is 18.7. The molecule has 0 radical (unpaired) electrons. The van der Waals surface area contributed by atoms with Gasteiger partial charge in [-0.15, -0.1) is 0 Å². The van der Waals surface area contributed by atoms with Gasteiger partial charge in [0.1, 0.15) is 18.2 Å². The number of benzene rings is 1. The first kappa shape index (κ1) is 24.2. The van der Waals surface area contributed by atoms with Gasteiger partial charge in [-0.2, -0.15) is 0 Å². The lowest BCUT2D eigenvalue weighted by atomic mass is 10.2. The summed E-state index contributed by atoms with van der Waals surface area (Å²) in [5.41, 5.74) is 0.631. The van der Waals surface area contributed by atoms with Crippen LogP contribution < -0.4 is 4.74 Å². The molecule has 0 unspecified atom stereocenters. The van der Waals surface area contributed by atoms with Crippen molar-refractivity contribution < 1.29 is 9.13 Å². The second-order valence-corrected chi connectivity index (χ2v) is 5.31. The van der Waals surface area contributed by atoms with Crippen LogP contribution in [-0.2, 0) is 0 Å². The monoisotopic (exact) mass is 327 g/mol. The summed E-state index contributed by atoms with van der Waals surface area (Å²) in [4.78, 5) is 2.40. The van der Waals surface area contributed by atoms with E-state index >= 15 is 0 Å². The first-order chi connectivity index (χ1) is 11.1. The normalized spacial score (nSPS) is 9.61. The summed E-state index contributed by atoms with van der Waals surface area (Å²) in [7, 11) is 0. The SMILES string of the molecule is CC.CCC.CCCN(CCC)CCOc1ccc(F)c(C)c1. The summed E-state index contributed by atoms with van der Waals surface area (Å²) in [6, 6.07) is 4.89. The summed E-state index contributed by atoms with van der Waals surface area (Å²) in [6.07, 6.45) is 3.57. The van der Waals surface area contributed by atoms with E-state index in [4.69, 9.17) is 4.74 Å². The van der Waals surface area contributed by atoms with Crippen molar-refractivity contribution in [1.29, 1.82) is 0 Å². The number of aryl methyl sites for hydroxylation is 1. The lowest BCUT2D eigenvalue weighted by molar-refractivity contribution is 0.209.